The van der Waals surface area contributed by atoms with Crippen molar-refractivity contribution in [1.29, 1.82) is 0 Å². The van der Waals surface area contributed by atoms with E-state index in [2.05, 4.69) is 15.6 Å². The van der Waals surface area contributed by atoms with Crippen LogP contribution in [-0.2, 0) is 16.1 Å². The number of anilines is 2. The predicted octanol–water partition coefficient (Wildman–Crippen LogP) is 5.01. The van der Waals surface area contributed by atoms with Crippen molar-refractivity contribution in [1.82, 2.24) is 9.88 Å². The number of pyridine rings is 1. The summed E-state index contributed by atoms with van der Waals surface area (Å²) in [6, 6.07) is 19.4. The zero-order valence-corrected chi connectivity index (χ0v) is 22.0. The lowest BCUT2D eigenvalue weighted by molar-refractivity contribution is -0.131. The molecule has 0 aliphatic carbocycles. The van der Waals surface area contributed by atoms with Gasteiger partial charge in [0.15, 0.2) is 0 Å². The van der Waals surface area contributed by atoms with E-state index in [0.717, 1.165) is 16.5 Å². The van der Waals surface area contributed by atoms with Crippen LogP contribution in [0, 0.1) is 0 Å². The van der Waals surface area contributed by atoms with Crippen molar-refractivity contribution in [2.24, 2.45) is 0 Å². The fraction of sp³-hybridized carbons (Fsp3) is 0.233. The molecule has 6 rings (SSSR count). The molecule has 2 aliphatic rings. The molecule has 2 atom stereocenters. The van der Waals surface area contributed by atoms with Crippen molar-refractivity contribution in [3.05, 3.63) is 100.0 Å². The number of amides is 2. The van der Waals surface area contributed by atoms with Crippen LogP contribution in [0.25, 0.3) is 10.8 Å². The first-order valence-electron chi connectivity index (χ1n) is 12.7. The summed E-state index contributed by atoms with van der Waals surface area (Å²) in [6.07, 6.45) is 1.06. The van der Waals surface area contributed by atoms with E-state index in [1.807, 2.05) is 61.5 Å². The van der Waals surface area contributed by atoms with E-state index < -0.39 is 12.1 Å². The maximum absolute atomic E-state index is 13.9. The molecule has 3 heterocycles. The van der Waals surface area contributed by atoms with Crippen molar-refractivity contribution in [3.63, 3.8) is 0 Å². The largest absolute Gasteiger partial charge is 0.496 e. The number of fused-ring (bicyclic) bond motifs is 10. The summed E-state index contributed by atoms with van der Waals surface area (Å²) in [5.74, 6) is 0.249. The molecule has 3 aromatic carbocycles. The Hall–Kier alpha value is -4.79. The van der Waals surface area contributed by atoms with Gasteiger partial charge in [-0.2, -0.15) is 0 Å². The Morgan fingerprint density at radius 1 is 1.03 bits per heavy atom. The van der Waals surface area contributed by atoms with Gasteiger partial charge in [0.1, 0.15) is 11.8 Å². The number of nitrogens with zero attached hydrogens (tertiary/aromatic N) is 1. The number of hydrogen-bond acceptors (Lipinski definition) is 6. The third-order valence-corrected chi connectivity index (χ3v) is 6.89. The van der Waals surface area contributed by atoms with Crippen LogP contribution in [0.15, 0.2) is 77.7 Å². The summed E-state index contributed by atoms with van der Waals surface area (Å²) >= 11 is 0. The minimum atomic E-state index is -0.763. The molecule has 0 saturated heterocycles. The number of ether oxygens (including phenoxy) is 2. The number of carbonyl (C=O) groups excluding carboxylic acids is 2. The first-order valence-corrected chi connectivity index (χ1v) is 12.7. The molecule has 4 bridgehead atoms. The summed E-state index contributed by atoms with van der Waals surface area (Å²) in [7, 11) is 3.30. The van der Waals surface area contributed by atoms with Crippen molar-refractivity contribution < 1.29 is 19.1 Å². The van der Waals surface area contributed by atoms with Gasteiger partial charge in [0.25, 0.3) is 5.56 Å². The number of nitrogens with one attached hydrogen (secondary N) is 3. The highest BCUT2D eigenvalue weighted by Crippen LogP contribution is 2.33. The highest BCUT2D eigenvalue weighted by atomic mass is 16.5. The fourth-order valence-corrected chi connectivity index (χ4v) is 4.81. The zero-order chi connectivity index (χ0) is 27.5. The van der Waals surface area contributed by atoms with Gasteiger partial charge in [0, 0.05) is 48.0 Å². The molecule has 9 nitrogen and oxygen atoms in total. The lowest BCUT2D eigenvalue weighted by Crippen LogP contribution is -2.35. The minimum absolute atomic E-state index is 0.149. The molecule has 0 saturated carbocycles. The molecular formula is C30H30N4O5. The normalized spacial score (nSPS) is 18.0. The van der Waals surface area contributed by atoms with Crippen molar-refractivity contribution in [2.75, 3.05) is 31.4 Å². The topological polar surface area (TPSA) is 113 Å². The van der Waals surface area contributed by atoms with Crippen LogP contribution in [0.1, 0.15) is 35.6 Å². The molecule has 2 amide bonds. The van der Waals surface area contributed by atoms with E-state index in [1.54, 1.807) is 37.4 Å². The summed E-state index contributed by atoms with van der Waals surface area (Å²) in [6.45, 7) is 2.40. The lowest BCUT2D eigenvalue weighted by Gasteiger charge is -2.27. The van der Waals surface area contributed by atoms with Gasteiger partial charge in [-0.25, -0.2) is 4.79 Å². The summed E-state index contributed by atoms with van der Waals surface area (Å²) < 4.78 is 11.2. The van der Waals surface area contributed by atoms with Gasteiger partial charge in [-0.05, 0) is 52.9 Å². The van der Waals surface area contributed by atoms with Crippen LogP contribution < -0.4 is 20.9 Å². The van der Waals surface area contributed by atoms with Gasteiger partial charge in [-0.1, -0.05) is 37.3 Å². The van der Waals surface area contributed by atoms with Gasteiger partial charge in [-0.15, -0.1) is 0 Å². The van der Waals surface area contributed by atoms with Gasteiger partial charge >= 0.3 is 6.09 Å². The SMILES string of the molecule is COc1cc2ccc1[C@@H](C)COC(=O)Nc1cccc(c1)CN(C)C(=O)[C@@H]2Nc1ccc2cc[nH]c(=O)c2c1. The average Bonchev–Trinajstić information content (AvgIpc) is 2.94. The monoisotopic (exact) mass is 526 g/mol. The molecule has 0 radical (unpaired) electrons. The number of rotatable bonds is 3. The van der Waals surface area contributed by atoms with Crippen LogP contribution in [0.3, 0.4) is 0 Å². The molecule has 39 heavy (non-hydrogen) atoms. The Labute approximate surface area is 225 Å². The second-order valence-electron chi connectivity index (χ2n) is 9.71. The van der Waals surface area contributed by atoms with E-state index in [1.165, 1.54) is 0 Å². The number of benzene rings is 3. The Balaban J connectivity index is 1.58. The van der Waals surface area contributed by atoms with Gasteiger partial charge in [0.05, 0.1) is 13.7 Å². The summed E-state index contributed by atoms with van der Waals surface area (Å²) in [4.78, 5) is 43.1. The quantitative estimate of drug-likeness (QED) is 0.346. The Morgan fingerprint density at radius 3 is 2.69 bits per heavy atom. The first-order chi connectivity index (χ1) is 18.8. The zero-order valence-electron chi connectivity index (χ0n) is 22.0. The number of likely N-dealkylation sites (N-methyl/N-ethyl adjacent to an activating group) is 1. The maximum Gasteiger partial charge on any atom is 0.411 e. The van der Waals surface area contributed by atoms with E-state index in [4.69, 9.17) is 9.47 Å². The van der Waals surface area contributed by atoms with Gasteiger partial charge in [-0.3, -0.25) is 14.9 Å². The number of carbonyl (C=O) groups is 2. The third-order valence-electron chi connectivity index (χ3n) is 6.89. The second-order valence-corrected chi connectivity index (χ2v) is 9.71. The number of methoxy groups -OCH3 is 1. The molecule has 3 N–H and O–H groups in total. The van der Waals surface area contributed by atoms with E-state index >= 15 is 0 Å². The van der Waals surface area contributed by atoms with Crippen LogP contribution in [0.2, 0.25) is 0 Å². The molecular weight excluding hydrogens is 496 g/mol. The van der Waals surface area contributed by atoms with Gasteiger partial charge < -0.3 is 24.7 Å². The van der Waals surface area contributed by atoms with Crippen LogP contribution >= 0.6 is 0 Å². The Kier molecular flexibility index (Phi) is 7.23. The second kappa shape index (κ2) is 10.9. The molecule has 2 aliphatic heterocycles. The standard InChI is InChI=1S/C30H30N4O5/c1-18-17-39-30(37)33-22-6-4-5-19(13-22)16-34(2)29(36)27(21-8-10-24(18)26(14-21)38-3)32-23-9-7-20-11-12-31-28(35)25(20)15-23/h4-15,18,27,32H,16-17H2,1-3H3,(H,31,35)(H,33,37)/t18-,27+/m0/s1. The minimum Gasteiger partial charge on any atom is -0.496 e. The van der Waals surface area contributed by atoms with Gasteiger partial charge in [0.2, 0.25) is 5.91 Å². The average molecular weight is 527 g/mol. The molecule has 9 heteroatoms. The van der Waals surface area contributed by atoms with Crippen molar-refractivity contribution >= 4 is 34.1 Å². The number of H-pyrrole nitrogens is 1. The Bertz CT molecular complexity index is 1600. The fourth-order valence-electron chi connectivity index (χ4n) is 4.81. The van der Waals surface area contributed by atoms with E-state index in [-0.39, 0.29) is 24.0 Å². The molecule has 1 aromatic heterocycles. The summed E-state index contributed by atoms with van der Waals surface area (Å²) in [5.41, 5.74) is 3.39. The number of hydrogen-bond donors (Lipinski definition) is 3. The maximum atomic E-state index is 13.9. The highest BCUT2D eigenvalue weighted by molar-refractivity contribution is 5.89. The summed E-state index contributed by atoms with van der Waals surface area (Å²) in [5, 5.41) is 7.44. The molecule has 200 valence electrons. The van der Waals surface area contributed by atoms with Crippen LogP contribution in [-0.4, -0.2) is 42.6 Å². The predicted molar refractivity (Wildman–Crippen MR) is 150 cm³/mol. The number of aromatic amines is 1. The van der Waals surface area contributed by atoms with Crippen LogP contribution in [0.4, 0.5) is 16.2 Å². The molecule has 0 spiro atoms. The molecule has 0 unspecified atom stereocenters. The smallest absolute Gasteiger partial charge is 0.411 e. The van der Waals surface area contributed by atoms with E-state index in [0.29, 0.717) is 34.6 Å². The van der Waals surface area contributed by atoms with E-state index in [9.17, 15) is 14.4 Å². The Morgan fingerprint density at radius 2 is 1.87 bits per heavy atom. The molecule has 4 aromatic rings. The van der Waals surface area contributed by atoms with Crippen LogP contribution in [0.5, 0.6) is 5.75 Å². The number of aromatic nitrogens is 1. The lowest BCUT2D eigenvalue weighted by atomic mass is 9.96. The molecule has 0 fully saturated rings. The first kappa shape index (κ1) is 25.8. The third kappa shape index (κ3) is 5.57. The van der Waals surface area contributed by atoms with Crippen molar-refractivity contribution in [3.8, 4) is 5.75 Å². The van der Waals surface area contributed by atoms with Crippen molar-refractivity contribution in [2.45, 2.75) is 25.4 Å². The highest BCUT2D eigenvalue weighted by Gasteiger charge is 2.27.